The van der Waals surface area contributed by atoms with Crippen molar-refractivity contribution in [1.82, 2.24) is 15.0 Å². The molecule has 1 amide bonds. The molecule has 2 heterocycles. The van der Waals surface area contributed by atoms with Gasteiger partial charge >= 0.3 is 0 Å². The summed E-state index contributed by atoms with van der Waals surface area (Å²) in [7, 11) is 0. The molecule has 2 aromatic carbocycles. The van der Waals surface area contributed by atoms with Gasteiger partial charge in [0.15, 0.2) is 0 Å². The molecule has 1 atom stereocenters. The Bertz CT molecular complexity index is 981. The zero-order chi connectivity index (χ0) is 19.7. The highest BCUT2D eigenvalue weighted by molar-refractivity contribution is 6.33. The van der Waals surface area contributed by atoms with E-state index in [2.05, 4.69) is 24.0 Å². The molecule has 1 aliphatic heterocycles. The van der Waals surface area contributed by atoms with E-state index >= 15 is 0 Å². The summed E-state index contributed by atoms with van der Waals surface area (Å²) in [6.45, 7) is 4.96. The van der Waals surface area contributed by atoms with Crippen molar-refractivity contribution in [3.63, 3.8) is 0 Å². The fourth-order valence-electron chi connectivity index (χ4n) is 3.57. The first kappa shape index (κ1) is 18.7. The summed E-state index contributed by atoms with van der Waals surface area (Å²) >= 11 is 6.24. The van der Waals surface area contributed by atoms with Gasteiger partial charge in [0.1, 0.15) is 6.04 Å². The van der Waals surface area contributed by atoms with E-state index in [0.717, 1.165) is 18.4 Å². The highest BCUT2D eigenvalue weighted by atomic mass is 35.5. The molecule has 144 valence electrons. The summed E-state index contributed by atoms with van der Waals surface area (Å²) in [5.41, 5.74) is 2.62. The van der Waals surface area contributed by atoms with Crippen LogP contribution >= 0.6 is 11.6 Å². The first-order valence-electron chi connectivity index (χ1n) is 9.54. The molecule has 3 aromatic rings. The molecule has 1 aromatic heterocycles. The lowest BCUT2D eigenvalue weighted by Crippen LogP contribution is -2.30. The van der Waals surface area contributed by atoms with Crippen molar-refractivity contribution in [3.05, 3.63) is 70.6 Å². The van der Waals surface area contributed by atoms with E-state index in [1.54, 1.807) is 6.07 Å². The van der Waals surface area contributed by atoms with E-state index in [-0.39, 0.29) is 11.9 Å². The average molecular weight is 396 g/mol. The van der Waals surface area contributed by atoms with Gasteiger partial charge in [0.2, 0.25) is 11.7 Å². The van der Waals surface area contributed by atoms with Crippen LogP contribution in [0.3, 0.4) is 0 Å². The number of nitrogens with zero attached hydrogens (tertiary/aromatic N) is 3. The number of hydrogen-bond acceptors (Lipinski definition) is 4. The summed E-state index contributed by atoms with van der Waals surface area (Å²) in [6.07, 6.45) is 1.71. The molecule has 4 rings (SSSR count). The molecular formula is C22H22ClN3O2. The van der Waals surface area contributed by atoms with Crippen molar-refractivity contribution in [2.24, 2.45) is 0 Å². The Hall–Kier alpha value is -2.66. The van der Waals surface area contributed by atoms with Crippen molar-refractivity contribution in [3.8, 4) is 11.4 Å². The lowest BCUT2D eigenvalue weighted by molar-refractivity contribution is 0.0710. The lowest BCUT2D eigenvalue weighted by atomic mass is 10.0. The smallest absolute Gasteiger partial charge is 0.254 e. The van der Waals surface area contributed by atoms with E-state index in [1.807, 2.05) is 47.4 Å². The van der Waals surface area contributed by atoms with Crippen molar-refractivity contribution in [2.75, 3.05) is 6.54 Å². The number of rotatable bonds is 4. The molecule has 0 radical (unpaired) electrons. The first-order chi connectivity index (χ1) is 13.5. The van der Waals surface area contributed by atoms with Gasteiger partial charge in [0.05, 0.1) is 5.02 Å². The van der Waals surface area contributed by atoms with Crippen LogP contribution in [0.2, 0.25) is 5.02 Å². The van der Waals surface area contributed by atoms with Crippen molar-refractivity contribution in [2.45, 2.75) is 38.6 Å². The maximum atomic E-state index is 13.1. The summed E-state index contributed by atoms with van der Waals surface area (Å²) in [5.74, 6) is 1.33. The van der Waals surface area contributed by atoms with E-state index in [4.69, 9.17) is 16.1 Å². The molecule has 0 spiro atoms. The number of amides is 1. The number of carbonyl (C=O) groups is 1. The van der Waals surface area contributed by atoms with E-state index < -0.39 is 0 Å². The lowest BCUT2D eigenvalue weighted by Gasteiger charge is -2.22. The summed E-state index contributed by atoms with van der Waals surface area (Å²) in [5, 5.41) is 4.65. The molecule has 6 heteroatoms. The Balaban J connectivity index is 1.57. The Morgan fingerprint density at radius 1 is 1.18 bits per heavy atom. The minimum absolute atomic E-state index is 0.00435. The van der Waals surface area contributed by atoms with Gasteiger partial charge in [0.25, 0.3) is 5.91 Å². The van der Waals surface area contributed by atoms with Crippen LogP contribution in [0.25, 0.3) is 11.4 Å². The Labute approximate surface area is 169 Å². The second kappa shape index (κ2) is 7.76. The molecule has 0 bridgehead atoms. The Morgan fingerprint density at radius 3 is 2.64 bits per heavy atom. The number of hydrogen-bond donors (Lipinski definition) is 0. The van der Waals surface area contributed by atoms with Crippen LogP contribution in [0, 0.1) is 0 Å². The van der Waals surface area contributed by atoms with E-state index in [1.165, 1.54) is 5.56 Å². The quantitative estimate of drug-likeness (QED) is 0.586. The molecule has 1 saturated heterocycles. The third-order valence-corrected chi connectivity index (χ3v) is 5.51. The molecule has 1 fully saturated rings. The normalized spacial score (nSPS) is 16.7. The van der Waals surface area contributed by atoms with Gasteiger partial charge in [-0.25, -0.2) is 0 Å². The van der Waals surface area contributed by atoms with Gasteiger partial charge in [-0.3, -0.25) is 4.79 Å². The molecule has 1 unspecified atom stereocenters. The first-order valence-corrected chi connectivity index (χ1v) is 9.92. The second-order valence-corrected chi connectivity index (χ2v) is 7.78. The maximum Gasteiger partial charge on any atom is 0.254 e. The van der Waals surface area contributed by atoms with Crippen molar-refractivity contribution in [1.29, 1.82) is 0 Å². The van der Waals surface area contributed by atoms with Crippen LogP contribution in [0.4, 0.5) is 0 Å². The van der Waals surface area contributed by atoms with Crippen LogP contribution in [0.1, 0.15) is 60.5 Å². The predicted octanol–water partition coefficient (Wildman–Crippen LogP) is 5.49. The third-order valence-electron chi connectivity index (χ3n) is 5.18. The largest absolute Gasteiger partial charge is 0.337 e. The SMILES string of the molecule is CC(C)c1ccc(C(=O)N2CCCC2c2nc(-c3ccccc3Cl)no2)cc1. The topological polar surface area (TPSA) is 59.2 Å². The van der Waals surface area contributed by atoms with Crippen LogP contribution < -0.4 is 0 Å². The number of benzene rings is 2. The molecule has 28 heavy (non-hydrogen) atoms. The highest BCUT2D eigenvalue weighted by Crippen LogP contribution is 2.34. The average Bonchev–Trinajstić information content (AvgIpc) is 3.37. The van der Waals surface area contributed by atoms with Gasteiger partial charge < -0.3 is 9.42 Å². The van der Waals surface area contributed by atoms with Gasteiger partial charge in [-0.15, -0.1) is 0 Å². The molecule has 0 saturated carbocycles. The van der Waals surface area contributed by atoms with Gasteiger partial charge in [-0.2, -0.15) is 4.98 Å². The standard InChI is InChI=1S/C22H22ClN3O2/c1-14(2)15-9-11-16(12-10-15)22(27)26-13-5-8-19(26)21-24-20(25-28-21)17-6-3-4-7-18(17)23/h3-4,6-7,9-12,14,19H,5,8,13H2,1-2H3. The maximum absolute atomic E-state index is 13.1. The number of carbonyl (C=O) groups excluding carboxylic acids is 1. The summed E-state index contributed by atoms with van der Waals surface area (Å²) in [4.78, 5) is 19.4. The molecule has 0 N–H and O–H groups in total. The fraction of sp³-hybridized carbons (Fsp3) is 0.318. The van der Waals surface area contributed by atoms with Gasteiger partial charge in [-0.1, -0.05) is 54.9 Å². The van der Waals surface area contributed by atoms with E-state index in [0.29, 0.717) is 34.8 Å². The van der Waals surface area contributed by atoms with Gasteiger partial charge in [0, 0.05) is 17.7 Å². The number of likely N-dealkylation sites (tertiary alicyclic amines) is 1. The van der Waals surface area contributed by atoms with Crippen molar-refractivity contribution >= 4 is 17.5 Å². The van der Waals surface area contributed by atoms with Crippen LogP contribution in [0.5, 0.6) is 0 Å². The van der Waals surface area contributed by atoms with Crippen LogP contribution in [0.15, 0.2) is 53.1 Å². The predicted molar refractivity (Wildman–Crippen MR) is 108 cm³/mol. The molecule has 0 aliphatic carbocycles. The monoisotopic (exact) mass is 395 g/mol. The minimum atomic E-state index is -0.207. The van der Waals surface area contributed by atoms with Gasteiger partial charge in [-0.05, 0) is 48.6 Å². The van der Waals surface area contributed by atoms with Crippen molar-refractivity contribution < 1.29 is 9.32 Å². The summed E-state index contributed by atoms with van der Waals surface area (Å²) in [6, 6.07) is 15.0. The van der Waals surface area contributed by atoms with Crippen LogP contribution in [-0.4, -0.2) is 27.5 Å². The highest BCUT2D eigenvalue weighted by Gasteiger charge is 2.34. The summed E-state index contributed by atoms with van der Waals surface area (Å²) < 4.78 is 5.51. The minimum Gasteiger partial charge on any atom is -0.337 e. The van der Waals surface area contributed by atoms with E-state index in [9.17, 15) is 4.79 Å². The number of halogens is 1. The Kier molecular flexibility index (Phi) is 5.18. The zero-order valence-corrected chi connectivity index (χ0v) is 16.7. The third kappa shape index (κ3) is 3.54. The number of aromatic nitrogens is 2. The Morgan fingerprint density at radius 2 is 1.93 bits per heavy atom. The zero-order valence-electron chi connectivity index (χ0n) is 15.9. The molecule has 5 nitrogen and oxygen atoms in total. The fourth-order valence-corrected chi connectivity index (χ4v) is 3.79. The second-order valence-electron chi connectivity index (χ2n) is 7.37. The molecule has 1 aliphatic rings. The molecular weight excluding hydrogens is 374 g/mol. The van der Waals surface area contributed by atoms with Crippen LogP contribution in [-0.2, 0) is 0 Å².